The number of anilines is 1. The van der Waals surface area contributed by atoms with Gasteiger partial charge < -0.3 is 5.32 Å². The van der Waals surface area contributed by atoms with E-state index in [4.69, 9.17) is 5.26 Å². The van der Waals surface area contributed by atoms with Crippen molar-refractivity contribution in [3.05, 3.63) is 72.6 Å². The van der Waals surface area contributed by atoms with Crippen molar-refractivity contribution in [3.8, 4) is 17.2 Å². The lowest BCUT2D eigenvalue weighted by Gasteiger charge is -2.21. The first-order valence-electron chi connectivity index (χ1n) is 10.8. The van der Waals surface area contributed by atoms with Gasteiger partial charge in [0.1, 0.15) is 12.4 Å². The molecule has 0 radical (unpaired) electrons. The van der Waals surface area contributed by atoms with Crippen LogP contribution >= 0.6 is 0 Å². The number of sulfonamides is 1. The maximum atomic E-state index is 12.9. The summed E-state index contributed by atoms with van der Waals surface area (Å²) >= 11 is 0. The third-order valence-corrected chi connectivity index (χ3v) is 6.84. The van der Waals surface area contributed by atoms with Crippen molar-refractivity contribution in [2.75, 3.05) is 5.32 Å². The number of fused-ring (bicyclic) bond motifs is 1. The topological polar surface area (TPSA) is 130 Å². The van der Waals surface area contributed by atoms with Crippen LogP contribution < -0.4 is 10.0 Å². The first kappa shape index (κ1) is 24.1. The standard InChI is InChI=1S/C25H24N6O3S/c1-25(2,3)30-35(33,34)22-7-5-4-6-20(22)18-10-11-23(27-14-18)29-24(32)16-31-21-12-17(13-26)8-9-19(21)15-28-31/h4-12,14-15,30H,16H2,1-3H3,(H,27,29,32). The van der Waals surface area contributed by atoms with Crippen molar-refractivity contribution in [2.24, 2.45) is 0 Å². The predicted octanol–water partition coefficient (Wildman–Crippen LogP) is 3.69. The van der Waals surface area contributed by atoms with E-state index in [2.05, 4.69) is 26.2 Å². The molecule has 4 aromatic rings. The third kappa shape index (κ3) is 5.54. The van der Waals surface area contributed by atoms with Gasteiger partial charge in [-0.3, -0.25) is 9.48 Å². The maximum Gasteiger partial charge on any atom is 0.247 e. The molecule has 2 N–H and O–H groups in total. The molecule has 2 aromatic carbocycles. The summed E-state index contributed by atoms with van der Waals surface area (Å²) in [5.74, 6) is -0.0175. The minimum atomic E-state index is -3.76. The summed E-state index contributed by atoms with van der Waals surface area (Å²) in [5, 5.41) is 16.9. The second-order valence-electron chi connectivity index (χ2n) is 9.02. The Morgan fingerprint density at radius 3 is 2.54 bits per heavy atom. The molecule has 0 aliphatic carbocycles. The lowest BCUT2D eigenvalue weighted by molar-refractivity contribution is -0.116. The van der Waals surface area contributed by atoms with Crippen LogP contribution in [0.3, 0.4) is 0 Å². The molecule has 2 heterocycles. The van der Waals surface area contributed by atoms with Gasteiger partial charge >= 0.3 is 0 Å². The van der Waals surface area contributed by atoms with Gasteiger partial charge in [0, 0.05) is 28.2 Å². The van der Waals surface area contributed by atoms with E-state index >= 15 is 0 Å². The van der Waals surface area contributed by atoms with Gasteiger partial charge in [0.05, 0.1) is 28.2 Å². The van der Waals surface area contributed by atoms with Crippen LogP contribution in [-0.2, 0) is 21.4 Å². The van der Waals surface area contributed by atoms with Crippen LogP contribution in [0, 0.1) is 11.3 Å². The summed E-state index contributed by atoms with van der Waals surface area (Å²) in [6.07, 6.45) is 3.15. The van der Waals surface area contributed by atoms with Crippen molar-refractivity contribution in [1.82, 2.24) is 19.5 Å². The number of pyridine rings is 1. The molecule has 0 saturated heterocycles. The molecule has 178 valence electrons. The number of carbonyl (C=O) groups is 1. The van der Waals surface area contributed by atoms with Gasteiger partial charge in [-0.2, -0.15) is 10.4 Å². The molecule has 0 aliphatic rings. The minimum absolute atomic E-state index is 0.0542. The molecule has 0 atom stereocenters. The summed E-state index contributed by atoms with van der Waals surface area (Å²) < 4.78 is 30.0. The number of aromatic nitrogens is 3. The van der Waals surface area contributed by atoms with E-state index in [1.807, 2.05) is 0 Å². The number of nitrogens with zero attached hydrogens (tertiary/aromatic N) is 4. The zero-order valence-electron chi connectivity index (χ0n) is 19.5. The van der Waals surface area contributed by atoms with Gasteiger partial charge in [-0.15, -0.1) is 0 Å². The Morgan fingerprint density at radius 1 is 1.09 bits per heavy atom. The Bertz CT molecular complexity index is 1540. The number of benzene rings is 2. The predicted molar refractivity (Wildman–Crippen MR) is 133 cm³/mol. The Hall–Kier alpha value is -4.07. The van der Waals surface area contributed by atoms with Crippen LogP contribution in [0.4, 0.5) is 5.82 Å². The van der Waals surface area contributed by atoms with Crippen molar-refractivity contribution >= 4 is 32.7 Å². The van der Waals surface area contributed by atoms with E-state index in [0.717, 1.165) is 5.39 Å². The maximum absolute atomic E-state index is 12.9. The fourth-order valence-electron chi connectivity index (χ4n) is 3.61. The molecule has 0 spiro atoms. The average molecular weight is 489 g/mol. The molecule has 9 nitrogen and oxygen atoms in total. The molecule has 0 aliphatic heterocycles. The van der Waals surface area contributed by atoms with Gasteiger partial charge in [0.2, 0.25) is 15.9 Å². The lowest BCUT2D eigenvalue weighted by Crippen LogP contribution is -2.40. The number of nitriles is 1. The molecule has 0 fully saturated rings. The molecule has 10 heteroatoms. The molecule has 0 saturated carbocycles. The summed E-state index contributed by atoms with van der Waals surface area (Å²) in [6, 6.07) is 17.2. The monoisotopic (exact) mass is 488 g/mol. The van der Waals surface area contributed by atoms with E-state index in [0.29, 0.717) is 28.0 Å². The van der Waals surface area contributed by atoms with Gasteiger partial charge in [-0.05, 0) is 57.2 Å². The Labute approximate surface area is 203 Å². The van der Waals surface area contributed by atoms with Crippen molar-refractivity contribution in [3.63, 3.8) is 0 Å². The summed E-state index contributed by atoms with van der Waals surface area (Å²) in [6.45, 7) is 5.28. The van der Waals surface area contributed by atoms with Crippen molar-refractivity contribution in [2.45, 2.75) is 37.8 Å². The summed E-state index contributed by atoms with van der Waals surface area (Å²) in [7, 11) is -3.76. The summed E-state index contributed by atoms with van der Waals surface area (Å²) in [4.78, 5) is 17.0. The van der Waals surface area contributed by atoms with E-state index in [1.54, 1.807) is 81.6 Å². The zero-order chi connectivity index (χ0) is 25.2. The number of amides is 1. The molecule has 0 unspecified atom stereocenters. The summed E-state index contributed by atoms with van der Waals surface area (Å²) in [5.41, 5.74) is 1.64. The van der Waals surface area contributed by atoms with Gasteiger partial charge in [0.15, 0.2) is 0 Å². The average Bonchev–Trinajstić information content (AvgIpc) is 3.19. The molecule has 2 aromatic heterocycles. The Morgan fingerprint density at radius 2 is 1.86 bits per heavy atom. The fourth-order valence-corrected chi connectivity index (χ4v) is 5.26. The third-order valence-electron chi connectivity index (χ3n) is 5.03. The lowest BCUT2D eigenvalue weighted by atomic mass is 10.1. The number of hydrogen-bond acceptors (Lipinski definition) is 6. The Kier molecular flexibility index (Phi) is 6.39. The van der Waals surface area contributed by atoms with Gasteiger partial charge in [-0.25, -0.2) is 18.1 Å². The number of nitrogens with one attached hydrogen (secondary N) is 2. The minimum Gasteiger partial charge on any atom is -0.309 e. The normalized spacial score (nSPS) is 11.8. The molecular formula is C25H24N6O3S. The smallest absolute Gasteiger partial charge is 0.247 e. The highest BCUT2D eigenvalue weighted by atomic mass is 32.2. The first-order chi connectivity index (χ1) is 16.6. The van der Waals surface area contributed by atoms with Crippen molar-refractivity contribution < 1.29 is 13.2 Å². The largest absolute Gasteiger partial charge is 0.309 e. The van der Waals surface area contributed by atoms with Crippen molar-refractivity contribution in [1.29, 1.82) is 5.26 Å². The number of carbonyl (C=O) groups excluding carboxylic acids is 1. The SMILES string of the molecule is CC(C)(C)NS(=O)(=O)c1ccccc1-c1ccc(NC(=O)Cn2ncc3ccc(C#N)cc32)nc1. The molecule has 4 rings (SSSR count). The second kappa shape index (κ2) is 9.29. The highest BCUT2D eigenvalue weighted by Gasteiger charge is 2.24. The first-order valence-corrected chi connectivity index (χ1v) is 12.3. The van der Waals surface area contributed by atoms with Gasteiger partial charge in [0.25, 0.3) is 0 Å². The quantitative estimate of drug-likeness (QED) is 0.426. The van der Waals surface area contributed by atoms with Crippen LogP contribution in [-0.4, -0.2) is 34.6 Å². The van der Waals surface area contributed by atoms with Gasteiger partial charge in [-0.1, -0.05) is 18.2 Å². The van der Waals surface area contributed by atoms with E-state index in [9.17, 15) is 13.2 Å². The van der Waals surface area contributed by atoms with Crippen LogP contribution in [0.1, 0.15) is 26.3 Å². The highest BCUT2D eigenvalue weighted by Crippen LogP contribution is 2.28. The zero-order valence-corrected chi connectivity index (χ0v) is 20.3. The van der Waals surface area contributed by atoms with Crippen LogP contribution in [0.2, 0.25) is 0 Å². The van der Waals surface area contributed by atoms with E-state index in [1.165, 1.54) is 10.9 Å². The van der Waals surface area contributed by atoms with Crippen LogP contribution in [0.5, 0.6) is 0 Å². The second-order valence-corrected chi connectivity index (χ2v) is 10.7. The number of rotatable bonds is 6. The molecule has 35 heavy (non-hydrogen) atoms. The molecule has 0 bridgehead atoms. The number of hydrogen-bond donors (Lipinski definition) is 2. The van der Waals surface area contributed by atoms with Crippen LogP contribution in [0.15, 0.2) is 71.9 Å². The van der Waals surface area contributed by atoms with Crippen LogP contribution in [0.25, 0.3) is 22.0 Å². The Balaban J connectivity index is 1.52. The molecular weight excluding hydrogens is 464 g/mol. The van der Waals surface area contributed by atoms with E-state index in [-0.39, 0.29) is 17.3 Å². The highest BCUT2D eigenvalue weighted by molar-refractivity contribution is 7.89. The fraction of sp³-hybridized carbons (Fsp3) is 0.200. The molecule has 1 amide bonds. The van der Waals surface area contributed by atoms with E-state index < -0.39 is 15.6 Å².